The molecule has 2 amide bonds. The highest BCUT2D eigenvalue weighted by Gasteiger charge is 2.21. The van der Waals surface area contributed by atoms with E-state index in [1.807, 2.05) is 54.3 Å². The number of hydrogen-bond acceptors (Lipinski definition) is 2. The maximum Gasteiger partial charge on any atom is 0.227 e. The van der Waals surface area contributed by atoms with Gasteiger partial charge in [-0.25, -0.2) is 4.39 Å². The van der Waals surface area contributed by atoms with Gasteiger partial charge in [-0.1, -0.05) is 55.5 Å². The highest BCUT2D eigenvalue weighted by molar-refractivity contribution is 5.93. The minimum atomic E-state index is -0.319. The van der Waals surface area contributed by atoms with Gasteiger partial charge in [0.1, 0.15) is 5.82 Å². The molecule has 1 heterocycles. The summed E-state index contributed by atoms with van der Waals surface area (Å²) in [7, 11) is 0. The second kappa shape index (κ2) is 9.77. The van der Waals surface area contributed by atoms with Crippen molar-refractivity contribution in [2.24, 2.45) is 0 Å². The summed E-state index contributed by atoms with van der Waals surface area (Å²) < 4.78 is 13.6. The molecule has 5 heteroatoms. The maximum absolute atomic E-state index is 13.6. The number of nitrogens with zero attached hydrogens (tertiary/aromatic N) is 2. The smallest absolute Gasteiger partial charge is 0.227 e. The summed E-state index contributed by atoms with van der Waals surface area (Å²) in [5, 5.41) is 0. The van der Waals surface area contributed by atoms with Gasteiger partial charge in [0, 0.05) is 25.2 Å². The first-order valence-electron chi connectivity index (χ1n) is 11.0. The fourth-order valence-electron chi connectivity index (χ4n) is 4.12. The van der Waals surface area contributed by atoms with E-state index >= 15 is 0 Å². The Labute approximate surface area is 188 Å². The zero-order valence-corrected chi connectivity index (χ0v) is 18.3. The highest BCUT2D eigenvalue weighted by Crippen LogP contribution is 2.22. The zero-order valence-electron chi connectivity index (χ0n) is 18.3. The lowest BCUT2D eigenvalue weighted by molar-refractivity contribution is -0.131. The third-order valence-electron chi connectivity index (χ3n) is 5.92. The van der Waals surface area contributed by atoms with Gasteiger partial charge in [0.05, 0.1) is 13.0 Å². The molecular formula is C27H27FN2O2. The van der Waals surface area contributed by atoms with Crippen LogP contribution in [0.5, 0.6) is 0 Å². The molecule has 0 N–H and O–H groups in total. The molecule has 0 aromatic heterocycles. The third-order valence-corrected chi connectivity index (χ3v) is 5.92. The third kappa shape index (κ3) is 5.05. The van der Waals surface area contributed by atoms with Crippen LogP contribution in [0.15, 0.2) is 72.8 Å². The first-order valence-corrected chi connectivity index (χ1v) is 11.0. The molecular weight excluding hydrogens is 403 g/mol. The Morgan fingerprint density at radius 3 is 2.41 bits per heavy atom. The van der Waals surface area contributed by atoms with Crippen molar-refractivity contribution in [2.75, 3.05) is 11.4 Å². The predicted octanol–water partition coefficient (Wildman–Crippen LogP) is 4.90. The zero-order chi connectivity index (χ0) is 22.5. The van der Waals surface area contributed by atoms with Crippen molar-refractivity contribution in [1.82, 2.24) is 4.90 Å². The van der Waals surface area contributed by atoms with E-state index in [0.717, 1.165) is 29.8 Å². The van der Waals surface area contributed by atoms with Crippen LogP contribution in [0.4, 0.5) is 10.1 Å². The number of hydrogen-bond donors (Lipinski definition) is 0. The van der Waals surface area contributed by atoms with E-state index in [1.165, 1.54) is 23.3 Å². The molecule has 3 aromatic carbocycles. The van der Waals surface area contributed by atoms with Crippen LogP contribution in [0.2, 0.25) is 0 Å². The molecule has 0 bridgehead atoms. The second-order valence-corrected chi connectivity index (χ2v) is 8.14. The van der Waals surface area contributed by atoms with E-state index in [2.05, 4.69) is 12.1 Å². The van der Waals surface area contributed by atoms with Crippen molar-refractivity contribution in [3.63, 3.8) is 0 Å². The van der Waals surface area contributed by atoms with Crippen molar-refractivity contribution in [3.8, 4) is 0 Å². The molecule has 0 fully saturated rings. The molecule has 1 aliphatic heterocycles. The summed E-state index contributed by atoms with van der Waals surface area (Å²) in [5.41, 5.74) is 4.92. The molecule has 0 aliphatic carbocycles. The molecule has 4 rings (SSSR count). The summed E-state index contributed by atoms with van der Waals surface area (Å²) in [6.45, 7) is 3.50. The number of rotatable bonds is 6. The van der Waals surface area contributed by atoms with E-state index < -0.39 is 0 Å². The van der Waals surface area contributed by atoms with Gasteiger partial charge in [0.15, 0.2) is 0 Å². The van der Waals surface area contributed by atoms with Crippen molar-refractivity contribution in [1.29, 1.82) is 0 Å². The highest BCUT2D eigenvalue weighted by atomic mass is 19.1. The molecule has 1 aliphatic rings. The number of fused-ring (bicyclic) bond motifs is 1. The summed E-state index contributed by atoms with van der Waals surface area (Å²) in [6, 6.07) is 22.1. The molecule has 4 nitrogen and oxygen atoms in total. The summed E-state index contributed by atoms with van der Waals surface area (Å²) >= 11 is 0. The predicted molar refractivity (Wildman–Crippen MR) is 124 cm³/mol. The SMILES string of the molecule is CCC(=O)N(Cc1cccc(F)c1)c1ccc(CC(=O)N2CCc3ccccc3C2)cc1. The summed E-state index contributed by atoms with van der Waals surface area (Å²) in [6.07, 6.45) is 1.56. The largest absolute Gasteiger partial charge is 0.338 e. The monoisotopic (exact) mass is 430 g/mol. The van der Waals surface area contributed by atoms with Crippen LogP contribution in [0.25, 0.3) is 0 Å². The van der Waals surface area contributed by atoms with Crippen LogP contribution in [-0.4, -0.2) is 23.3 Å². The average Bonchev–Trinajstić information content (AvgIpc) is 2.82. The first-order chi connectivity index (χ1) is 15.5. The Kier molecular flexibility index (Phi) is 6.64. The molecule has 0 atom stereocenters. The number of halogens is 1. The minimum Gasteiger partial charge on any atom is -0.338 e. The molecule has 164 valence electrons. The lowest BCUT2D eigenvalue weighted by Crippen LogP contribution is -2.36. The van der Waals surface area contributed by atoms with Crippen molar-refractivity contribution >= 4 is 17.5 Å². The Bertz CT molecular complexity index is 1110. The number of carbonyl (C=O) groups is 2. The van der Waals surface area contributed by atoms with Gasteiger partial charge in [-0.05, 0) is 52.9 Å². The van der Waals surface area contributed by atoms with Gasteiger partial charge >= 0.3 is 0 Å². The molecule has 0 radical (unpaired) electrons. The van der Waals surface area contributed by atoms with E-state index in [-0.39, 0.29) is 17.6 Å². The Hall–Kier alpha value is -3.47. The van der Waals surface area contributed by atoms with E-state index in [0.29, 0.717) is 25.9 Å². The second-order valence-electron chi connectivity index (χ2n) is 8.14. The maximum atomic E-state index is 13.6. The van der Waals surface area contributed by atoms with Gasteiger partial charge in [0.25, 0.3) is 0 Å². The van der Waals surface area contributed by atoms with E-state index in [9.17, 15) is 14.0 Å². The number of amides is 2. The quantitative estimate of drug-likeness (QED) is 0.558. The molecule has 3 aromatic rings. The fraction of sp³-hybridized carbons (Fsp3) is 0.259. The number of benzene rings is 3. The van der Waals surface area contributed by atoms with Crippen molar-refractivity contribution < 1.29 is 14.0 Å². The molecule has 32 heavy (non-hydrogen) atoms. The van der Waals surface area contributed by atoms with Crippen LogP contribution in [-0.2, 0) is 35.5 Å². The van der Waals surface area contributed by atoms with Crippen LogP contribution < -0.4 is 4.90 Å². The topological polar surface area (TPSA) is 40.6 Å². The van der Waals surface area contributed by atoms with Crippen LogP contribution in [0.1, 0.15) is 35.6 Å². The summed E-state index contributed by atoms with van der Waals surface area (Å²) in [4.78, 5) is 29.0. The van der Waals surface area contributed by atoms with Gasteiger partial charge in [-0.15, -0.1) is 0 Å². The molecule has 0 spiro atoms. The lowest BCUT2D eigenvalue weighted by Gasteiger charge is -2.29. The Morgan fingerprint density at radius 2 is 1.69 bits per heavy atom. The number of carbonyl (C=O) groups excluding carboxylic acids is 2. The lowest BCUT2D eigenvalue weighted by atomic mass is 9.99. The van der Waals surface area contributed by atoms with Crippen molar-refractivity contribution in [3.05, 3.63) is 101 Å². The normalized spacial score (nSPS) is 12.9. The van der Waals surface area contributed by atoms with Gasteiger partial charge in [0.2, 0.25) is 11.8 Å². The molecule has 0 saturated carbocycles. The Morgan fingerprint density at radius 1 is 0.938 bits per heavy atom. The van der Waals surface area contributed by atoms with Gasteiger partial charge in [-0.2, -0.15) is 0 Å². The average molecular weight is 431 g/mol. The van der Waals surface area contributed by atoms with Crippen LogP contribution in [0, 0.1) is 5.82 Å². The molecule has 0 unspecified atom stereocenters. The summed E-state index contributed by atoms with van der Waals surface area (Å²) in [5.74, 6) is -0.251. The standard InChI is InChI=1S/C27H27FN2O2/c1-2-26(31)30(18-21-6-5-9-24(28)16-21)25-12-10-20(11-13-25)17-27(32)29-15-14-22-7-3-4-8-23(22)19-29/h3-13,16H,2,14-15,17-19H2,1H3. The number of anilines is 1. The van der Waals surface area contributed by atoms with Crippen molar-refractivity contribution in [2.45, 2.75) is 39.3 Å². The van der Waals surface area contributed by atoms with Crippen LogP contribution >= 0.6 is 0 Å². The fourth-order valence-corrected chi connectivity index (χ4v) is 4.12. The van der Waals surface area contributed by atoms with Gasteiger partial charge < -0.3 is 9.80 Å². The van der Waals surface area contributed by atoms with Gasteiger partial charge in [-0.3, -0.25) is 9.59 Å². The van der Waals surface area contributed by atoms with E-state index in [4.69, 9.17) is 0 Å². The minimum absolute atomic E-state index is 0.0370. The van der Waals surface area contributed by atoms with Crippen LogP contribution in [0.3, 0.4) is 0 Å². The first kappa shape index (κ1) is 21.8. The Balaban J connectivity index is 1.44. The van der Waals surface area contributed by atoms with E-state index in [1.54, 1.807) is 11.0 Å². The molecule has 0 saturated heterocycles.